The number of halogens is 1. The van der Waals surface area contributed by atoms with Gasteiger partial charge in [0.05, 0.1) is 11.4 Å². The van der Waals surface area contributed by atoms with Gasteiger partial charge in [-0.2, -0.15) is 0 Å². The summed E-state index contributed by atoms with van der Waals surface area (Å²) in [5, 5.41) is 13.1. The van der Waals surface area contributed by atoms with Crippen molar-refractivity contribution in [3.63, 3.8) is 0 Å². The maximum absolute atomic E-state index is 15.0. The molecular formula is C23H28FN5O2S. The van der Waals surface area contributed by atoms with Crippen LogP contribution >= 0.6 is 0 Å². The second kappa shape index (κ2) is 9.48. The Kier molecular flexibility index (Phi) is 6.68. The van der Waals surface area contributed by atoms with Gasteiger partial charge in [-0.25, -0.2) is 27.6 Å². The zero-order chi connectivity index (χ0) is 22.7. The highest BCUT2D eigenvalue weighted by Crippen LogP contribution is 2.27. The Morgan fingerprint density at radius 3 is 2.56 bits per heavy atom. The highest BCUT2D eigenvalue weighted by atomic mass is 32.2. The minimum Gasteiger partial charge on any atom is -0.310 e. The first-order valence-corrected chi connectivity index (χ1v) is 12.4. The Hall–Kier alpha value is -2.62. The van der Waals surface area contributed by atoms with Crippen LogP contribution in [0.25, 0.3) is 5.69 Å². The molecule has 4 rings (SSSR count). The maximum Gasteiger partial charge on any atom is 0.238 e. The highest BCUT2D eigenvalue weighted by Gasteiger charge is 2.22. The maximum atomic E-state index is 15.0. The molecule has 0 spiro atoms. The molecule has 170 valence electrons. The minimum atomic E-state index is -4.00. The second-order valence-electron chi connectivity index (χ2n) is 8.37. The van der Waals surface area contributed by atoms with Gasteiger partial charge in [-0.15, -0.1) is 5.10 Å². The Balaban J connectivity index is 1.66. The number of hydrogen-bond acceptors (Lipinski definition) is 5. The Morgan fingerprint density at radius 2 is 1.91 bits per heavy atom. The van der Waals surface area contributed by atoms with Crippen molar-refractivity contribution in [3.05, 3.63) is 71.6 Å². The first-order chi connectivity index (χ1) is 15.3. The number of aromatic nitrogens is 3. The van der Waals surface area contributed by atoms with Gasteiger partial charge in [0.1, 0.15) is 17.3 Å². The molecule has 1 atom stereocenters. The summed E-state index contributed by atoms with van der Waals surface area (Å²) in [4.78, 5) is 4.44. The third-order valence-electron chi connectivity index (χ3n) is 6.03. The molecule has 1 saturated carbocycles. The van der Waals surface area contributed by atoms with Gasteiger partial charge in [0, 0.05) is 5.92 Å². The van der Waals surface area contributed by atoms with Crippen molar-refractivity contribution >= 4 is 10.0 Å². The van der Waals surface area contributed by atoms with Crippen LogP contribution in [0.5, 0.6) is 0 Å². The van der Waals surface area contributed by atoms with Crippen LogP contribution < -0.4 is 10.5 Å². The van der Waals surface area contributed by atoms with E-state index in [1.807, 2.05) is 37.3 Å². The van der Waals surface area contributed by atoms with Gasteiger partial charge in [0.15, 0.2) is 5.82 Å². The molecule has 0 bridgehead atoms. The summed E-state index contributed by atoms with van der Waals surface area (Å²) >= 11 is 0. The summed E-state index contributed by atoms with van der Waals surface area (Å²) in [5.41, 5.74) is 1.15. The van der Waals surface area contributed by atoms with Gasteiger partial charge < -0.3 is 5.32 Å². The lowest BCUT2D eigenvalue weighted by Gasteiger charge is -2.14. The monoisotopic (exact) mass is 457 g/mol. The van der Waals surface area contributed by atoms with Crippen LogP contribution in [0.4, 0.5) is 4.39 Å². The largest absolute Gasteiger partial charge is 0.310 e. The number of rotatable bonds is 8. The summed E-state index contributed by atoms with van der Waals surface area (Å²) in [6.07, 6.45) is 5.05. The number of sulfonamides is 1. The van der Waals surface area contributed by atoms with E-state index in [0.717, 1.165) is 18.2 Å². The van der Waals surface area contributed by atoms with E-state index in [2.05, 4.69) is 10.4 Å². The fourth-order valence-corrected chi connectivity index (χ4v) is 4.76. The molecule has 7 nitrogen and oxygen atoms in total. The summed E-state index contributed by atoms with van der Waals surface area (Å²) in [6.45, 7) is 3.38. The molecule has 1 heterocycles. The van der Waals surface area contributed by atoms with E-state index < -0.39 is 15.8 Å². The van der Waals surface area contributed by atoms with Gasteiger partial charge in [-0.05, 0) is 49.1 Å². The van der Waals surface area contributed by atoms with E-state index >= 15 is 0 Å². The Morgan fingerprint density at radius 1 is 1.19 bits per heavy atom. The van der Waals surface area contributed by atoms with Gasteiger partial charge >= 0.3 is 0 Å². The molecule has 1 unspecified atom stereocenters. The van der Waals surface area contributed by atoms with Crippen molar-refractivity contribution in [3.8, 4) is 5.69 Å². The lowest BCUT2D eigenvalue weighted by atomic mass is 10.0. The van der Waals surface area contributed by atoms with Crippen LogP contribution in [0, 0.1) is 11.7 Å². The SMILES string of the molecule is CC(c1ccccc1)c1nc(CNCC2CCCC2)nn1-c1ccc(S(N)(=O)=O)cc1F. The van der Waals surface area contributed by atoms with Crippen LogP contribution in [0.1, 0.15) is 55.7 Å². The van der Waals surface area contributed by atoms with Crippen LogP contribution in [0.15, 0.2) is 53.4 Å². The van der Waals surface area contributed by atoms with Crippen molar-refractivity contribution in [2.45, 2.75) is 50.0 Å². The van der Waals surface area contributed by atoms with Gasteiger partial charge in [0.2, 0.25) is 10.0 Å². The smallest absolute Gasteiger partial charge is 0.238 e. The minimum absolute atomic E-state index is 0.129. The number of nitrogens with one attached hydrogen (secondary N) is 1. The summed E-state index contributed by atoms with van der Waals surface area (Å²) < 4.78 is 39.6. The molecule has 2 aromatic carbocycles. The molecule has 1 fully saturated rings. The number of nitrogens with two attached hydrogens (primary N) is 1. The van der Waals surface area contributed by atoms with E-state index in [-0.39, 0.29) is 16.5 Å². The van der Waals surface area contributed by atoms with Crippen molar-refractivity contribution in [2.75, 3.05) is 6.54 Å². The molecule has 32 heavy (non-hydrogen) atoms. The van der Waals surface area contributed by atoms with Crippen LogP contribution in [-0.2, 0) is 16.6 Å². The van der Waals surface area contributed by atoms with Gasteiger partial charge in [-0.3, -0.25) is 0 Å². The van der Waals surface area contributed by atoms with E-state index in [0.29, 0.717) is 24.1 Å². The predicted octanol–water partition coefficient (Wildman–Crippen LogP) is 3.49. The average Bonchev–Trinajstić information content (AvgIpc) is 3.43. The van der Waals surface area contributed by atoms with Crippen LogP contribution in [-0.4, -0.2) is 29.7 Å². The highest BCUT2D eigenvalue weighted by molar-refractivity contribution is 7.89. The van der Waals surface area contributed by atoms with Crippen LogP contribution in [0.2, 0.25) is 0 Å². The number of hydrogen-bond donors (Lipinski definition) is 2. The van der Waals surface area contributed by atoms with E-state index in [9.17, 15) is 12.8 Å². The molecule has 1 aromatic heterocycles. The van der Waals surface area contributed by atoms with Crippen molar-refractivity contribution < 1.29 is 12.8 Å². The van der Waals surface area contributed by atoms with Gasteiger partial charge in [-0.1, -0.05) is 50.1 Å². The molecule has 3 aromatic rings. The first-order valence-electron chi connectivity index (χ1n) is 10.9. The van der Waals surface area contributed by atoms with Crippen LogP contribution in [0.3, 0.4) is 0 Å². The number of primary sulfonamides is 1. The topological polar surface area (TPSA) is 103 Å². The van der Waals surface area contributed by atoms with Gasteiger partial charge in [0.25, 0.3) is 0 Å². The third-order valence-corrected chi connectivity index (χ3v) is 6.94. The lowest BCUT2D eigenvalue weighted by molar-refractivity contribution is 0.484. The molecule has 0 saturated heterocycles. The molecular weight excluding hydrogens is 429 g/mol. The predicted molar refractivity (Wildman–Crippen MR) is 120 cm³/mol. The quantitative estimate of drug-likeness (QED) is 0.539. The fraction of sp³-hybridized carbons (Fsp3) is 0.391. The normalized spacial score (nSPS) is 15.8. The Bertz CT molecular complexity index is 1170. The summed E-state index contributed by atoms with van der Waals surface area (Å²) in [5.74, 6) is 0.952. The first kappa shape index (κ1) is 22.6. The zero-order valence-corrected chi connectivity index (χ0v) is 18.9. The van der Waals surface area contributed by atoms with Crippen molar-refractivity contribution in [2.24, 2.45) is 11.1 Å². The van der Waals surface area contributed by atoms with E-state index in [1.165, 1.54) is 42.5 Å². The average molecular weight is 458 g/mol. The molecule has 3 N–H and O–H groups in total. The molecule has 0 amide bonds. The number of nitrogens with zero attached hydrogens (tertiary/aromatic N) is 3. The fourth-order valence-electron chi connectivity index (χ4n) is 4.23. The summed E-state index contributed by atoms with van der Waals surface area (Å²) in [7, 11) is -4.00. The standard InChI is InChI=1S/C23H28FN5O2S/c1-16(18-9-3-2-4-10-18)23-27-22(15-26-14-17-7-5-6-8-17)28-29(23)21-12-11-19(13-20(21)24)32(25,30)31/h2-4,9-13,16-17,26H,5-8,14-15H2,1H3,(H2,25,30,31). The molecule has 1 aliphatic rings. The second-order valence-corrected chi connectivity index (χ2v) is 9.93. The third kappa shape index (κ3) is 5.06. The molecule has 0 radical (unpaired) electrons. The van der Waals surface area contributed by atoms with Crippen molar-refractivity contribution in [1.29, 1.82) is 0 Å². The number of benzene rings is 2. The molecule has 9 heteroatoms. The van der Waals surface area contributed by atoms with E-state index in [4.69, 9.17) is 10.1 Å². The molecule has 0 aliphatic heterocycles. The summed E-state index contributed by atoms with van der Waals surface area (Å²) in [6, 6.07) is 13.4. The Labute approximate surface area is 187 Å². The van der Waals surface area contributed by atoms with E-state index in [1.54, 1.807) is 0 Å². The van der Waals surface area contributed by atoms with Crippen molar-refractivity contribution in [1.82, 2.24) is 20.1 Å². The molecule has 1 aliphatic carbocycles. The zero-order valence-electron chi connectivity index (χ0n) is 18.0. The lowest BCUT2D eigenvalue weighted by Crippen LogP contribution is -2.21.